The van der Waals surface area contributed by atoms with Crippen LogP contribution in [-0.2, 0) is 14.8 Å². The highest BCUT2D eigenvalue weighted by Gasteiger charge is 2.36. The number of carbonyl (C=O) groups excluding carboxylic acids is 1. The molecular formula is C24H29F2N5O4S. The molecule has 0 radical (unpaired) electrons. The van der Waals surface area contributed by atoms with Crippen molar-refractivity contribution in [2.24, 2.45) is 0 Å². The van der Waals surface area contributed by atoms with Crippen LogP contribution in [-0.4, -0.2) is 67.8 Å². The molecule has 2 aromatic heterocycles. The SMILES string of the molecule is COCC1(F)CCN(c2cc(C(=O)NS(C)(=O)=O)nc3c2c(C(C)C)nn3-c2ccc(F)cc2)CC1. The van der Waals surface area contributed by atoms with Crippen molar-refractivity contribution in [2.75, 3.05) is 38.0 Å². The van der Waals surface area contributed by atoms with Crippen LogP contribution in [0.1, 0.15) is 48.8 Å². The number of amides is 1. The van der Waals surface area contributed by atoms with E-state index in [1.165, 1.54) is 30.0 Å². The molecule has 0 bridgehead atoms. The van der Waals surface area contributed by atoms with Gasteiger partial charge in [0.25, 0.3) is 5.91 Å². The maximum Gasteiger partial charge on any atom is 0.283 e. The summed E-state index contributed by atoms with van der Waals surface area (Å²) in [6.07, 6.45) is 1.32. The minimum atomic E-state index is -3.84. The maximum atomic E-state index is 15.1. The van der Waals surface area contributed by atoms with E-state index in [9.17, 15) is 17.6 Å². The zero-order valence-electron chi connectivity index (χ0n) is 20.6. The van der Waals surface area contributed by atoms with E-state index in [1.807, 2.05) is 23.5 Å². The zero-order valence-corrected chi connectivity index (χ0v) is 21.4. The predicted molar refractivity (Wildman–Crippen MR) is 132 cm³/mol. The minimum absolute atomic E-state index is 0.00560. The van der Waals surface area contributed by atoms with Gasteiger partial charge in [0.1, 0.15) is 17.2 Å². The van der Waals surface area contributed by atoms with Crippen LogP contribution in [0, 0.1) is 5.82 Å². The van der Waals surface area contributed by atoms with Gasteiger partial charge in [0, 0.05) is 33.0 Å². The normalized spacial score (nSPS) is 16.0. The minimum Gasteiger partial charge on any atom is -0.381 e. The first kappa shape index (κ1) is 26.0. The Morgan fingerprint density at radius 2 is 1.86 bits per heavy atom. The monoisotopic (exact) mass is 521 g/mol. The smallest absolute Gasteiger partial charge is 0.283 e. The third-order valence-electron chi connectivity index (χ3n) is 6.18. The number of piperidine rings is 1. The molecule has 1 amide bonds. The van der Waals surface area contributed by atoms with Gasteiger partial charge in [-0.25, -0.2) is 31.6 Å². The Morgan fingerprint density at radius 3 is 2.42 bits per heavy atom. The lowest BCUT2D eigenvalue weighted by Crippen LogP contribution is -2.44. The number of halogens is 2. The van der Waals surface area contributed by atoms with Crippen molar-refractivity contribution in [2.45, 2.75) is 38.3 Å². The second-order valence-electron chi connectivity index (χ2n) is 9.43. The topological polar surface area (TPSA) is 106 Å². The lowest BCUT2D eigenvalue weighted by Gasteiger charge is -2.37. The summed E-state index contributed by atoms with van der Waals surface area (Å²) in [6.45, 7) is 4.63. The van der Waals surface area contributed by atoms with Crippen LogP contribution in [0.25, 0.3) is 16.7 Å². The highest BCUT2D eigenvalue weighted by atomic mass is 32.2. The molecule has 1 saturated heterocycles. The first-order chi connectivity index (χ1) is 16.9. The molecule has 0 saturated carbocycles. The number of benzene rings is 1. The van der Waals surface area contributed by atoms with Crippen LogP contribution in [0.2, 0.25) is 0 Å². The van der Waals surface area contributed by atoms with Crippen molar-refractivity contribution < 1.29 is 26.7 Å². The molecule has 3 heterocycles. The number of aromatic nitrogens is 3. The number of rotatable bonds is 7. The predicted octanol–water partition coefficient (Wildman–Crippen LogP) is 3.33. The summed E-state index contributed by atoms with van der Waals surface area (Å²) < 4.78 is 60.7. The Kier molecular flexibility index (Phi) is 7.02. The van der Waals surface area contributed by atoms with Crippen LogP contribution in [0.3, 0.4) is 0 Å². The molecule has 36 heavy (non-hydrogen) atoms. The number of sulfonamides is 1. The van der Waals surface area contributed by atoms with Gasteiger partial charge in [0.2, 0.25) is 10.0 Å². The second kappa shape index (κ2) is 9.74. The van der Waals surface area contributed by atoms with Crippen LogP contribution >= 0.6 is 0 Å². The molecule has 1 aliphatic heterocycles. The number of hydrogen-bond acceptors (Lipinski definition) is 7. The van der Waals surface area contributed by atoms with Crippen LogP contribution in [0.15, 0.2) is 30.3 Å². The second-order valence-corrected chi connectivity index (χ2v) is 11.2. The van der Waals surface area contributed by atoms with Gasteiger partial charge in [0.15, 0.2) is 5.65 Å². The summed E-state index contributed by atoms with van der Waals surface area (Å²) >= 11 is 0. The van der Waals surface area contributed by atoms with Crippen molar-refractivity contribution in [3.8, 4) is 5.69 Å². The van der Waals surface area contributed by atoms with E-state index < -0.39 is 27.4 Å². The maximum absolute atomic E-state index is 15.1. The summed E-state index contributed by atoms with van der Waals surface area (Å²) in [4.78, 5) is 19.3. The van der Waals surface area contributed by atoms with Crippen molar-refractivity contribution in [3.63, 3.8) is 0 Å². The first-order valence-corrected chi connectivity index (χ1v) is 13.4. The number of nitrogens with zero attached hydrogens (tertiary/aromatic N) is 4. The third kappa shape index (κ3) is 5.34. The number of ether oxygens (including phenoxy) is 1. The molecule has 1 aliphatic rings. The molecule has 3 aromatic rings. The number of hydrogen-bond donors (Lipinski definition) is 1. The lowest BCUT2D eigenvalue weighted by atomic mass is 9.93. The van der Waals surface area contributed by atoms with Crippen LogP contribution in [0.4, 0.5) is 14.5 Å². The number of methoxy groups -OCH3 is 1. The van der Waals surface area contributed by atoms with E-state index >= 15 is 4.39 Å². The summed E-state index contributed by atoms with van der Waals surface area (Å²) in [5.41, 5.74) is 0.559. The fraction of sp³-hybridized carbons (Fsp3) is 0.458. The first-order valence-electron chi connectivity index (χ1n) is 11.6. The van der Waals surface area contributed by atoms with E-state index in [0.717, 1.165) is 6.26 Å². The Bertz CT molecular complexity index is 1380. The van der Waals surface area contributed by atoms with Crippen molar-refractivity contribution in [1.29, 1.82) is 0 Å². The number of carbonyl (C=O) groups is 1. The Morgan fingerprint density at radius 1 is 1.22 bits per heavy atom. The summed E-state index contributed by atoms with van der Waals surface area (Å²) in [7, 11) is -2.38. The molecule has 0 spiro atoms. The van der Waals surface area contributed by atoms with Gasteiger partial charge in [-0.2, -0.15) is 5.10 Å². The van der Waals surface area contributed by atoms with Crippen molar-refractivity contribution in [3.05, 3.63) is 47.5 Å². The Labute approximate surface area is 208 Å². The van der Waals surface area contributed by atoms with Gasteiger partial charge in [-0.1, -0.05) is 13.8 Å². The average molecular weight is 522 g/mol. The molecule has 12 heteroatoms. The number of anilines is 1. The van der Waals surface area contributed by atoms with E-state index in [1.54, 1.807) is 12.1 Å². The van der Waals surface area contributed by atoms with E-state index in [4.69, 9.17) is 9.84 Å². The molecule has 1 N–H and O–H groups in total. The lowest BCUT2D eigenvalue weighted by molar-refractivity contribution is 0.0228. The Hall–Kier alpha value is -3.12. The number of alkyl halides is 1. The van der Waals surface area contributed by atoms with Crippen molar-refractivity contribution >= 4 is 32.7 Å². The molecule has 0 unspecified atom stereocenters. The summed E-state index contributed by atoms with van der Waals surface area (Å²) in [5, 5.41) is 5.41. The van der Waals surface area contributed by atoms with Gasteiger partial charge in [-0.15, -0.1) is 0 Å². The summed E-state index contributed by atoms with van der Waals surface area (Å²) in [6, 6.07) is 7.19. The van der Waals surface area contributed by atoms with Gasteiger partial charge >= 0.3 is 0 Å². The molecule has 0 aliphatic carbocycles. The largest absolute Gasteiger partial charge is 0.381 e. The third-order valence-corrected chi connectivity index (χ3v) is 6.73. The molecule has 9 nitrogen and oxygen atoms in total. The molecule has 194 valence electrons. The van der Waals surface area contributed by atoms with Gasteiger partial charge in [0.05, 0.1) is 35.3 Å². The van der Waals surface area contributed by atoms with Crippen molar-refractivity contribution in [1.82, 2.24) is 19.5 Å². The molecule has 4 rings (SSSR count). The van der Waals surface area contributed by atoms with Crippen LogP contribution in [0.5, 0.6) is 0 Å². The zero-order chi connectivity index (χ0) is 26.3. The number of nitrogens with one attached hydrogen (secondary N) is 1. The Balaban J connectivity index is 1.92. The number of fused-ring (bicyclic) bond motifs is 1. The van der Waals surface area contributed by atoms with Crippen LogP contribution < -0.4 is 9.62 Å². The van der Waals surface area contributed by atoms with E-state index in [2.05, 4.69) is 4.98 Å². The molecule has 0 atom stereocenters. The molecule has 1 aromatic carbocycles. The van der Waals surface area contributed by atoms with Gasteiger partial charge in [-0.3, -0.25) is 4.79 Å². The molecule has 1 fully saturated rings. The highest BCUT2D eigenvalue weighted by Crippen LogP contribution is 2.38. The van der Waals surface area contributed by atoms with Gasteiger partial charge in [-0.05, 0) is 36.2 Å². The van der Waals surface area contributed by atoms with Gasteiger partial charge < -0.3 is 9.64 Å². The fourth-order valence-electron chi connectivity index (χ4n) is 4.43. The summed E-state index contributed by atoms with van der Waals surface area (Å²) in [5.74, 6) is -1.35. The average Bonchev–Trinajstić information content (AvgIpc) is 3.18. The molecular weight excluding hydrogens is 492 g/mol. The highest BCUT2D eigenvalue weighted by molar-refractivity contribution is 7.89. The quantitative estimate of drug-likeness (QED) is 0.508. The van der Waals surface area contributed by atoms with E-state index in [-0.39, 0.29) is 31.1 Å². The number of pyridine rings is 1. The fourth-order valence-corrected chi connectivity index (χ4v) is 4.87. The standard InChI is InChI=1S/C24H29F2N5O4S/c1-15(2)21-20-19(30-11-9-24(26,10-12-30)14-35-3)13-18(23(32)29-36(4,33)34)27-22(20)31(28-21)17-7-5-16(25)6-8-17/h5-8,13,15H,9-12,14H2,1-4H3,(H,29,32). The van der Waals surface area contributed by atoms with E-state index in [0.29, 0.717) is 41.2 Å².